The summed E-state index contributed by atoms with van der Waals surface area (Å²) in [6.45, 7) is 4.21. The zero-order valence-electron chi connectivity index (χ0n) is 10.8. The predicted octanol–water partition coefficient (Wildman–Crippen LogP) is 3.59. The van der Waals surface area contributed by atoms with Gasteiger partial charge in [0.1, 0.15) is 5.75 Å². The maximum atomic E-state index is 9.58. The first-order chi connectivity index (χ1) is 8.14. The van der Waals surface area contributed by atoms with Crippen molar-refractivity contribution in [2.75, 3.05) is 7.11 Å². The second-order valence-corrected chi connectivity index (χ2v) is 5.06. The molecule has 0 spiro atoms. The highest BCUT2D eigenvalue weighted by atomic mass is 16.5. The average Bonchev–Trinajstić information content (AvgIpc) is 2.72. The van der Waals surface area contributed by atoms with Crippen LogP contribution in [0.15, 0.2) is 18.2 Å². The lowest BCUT2D eigenvalue weighted by atomic mass is 9.74. The van der Waals surface area contributed by atoms with Crippen molar-refractivity contribution in [3.8, 4) is 11.8 Å². The van der Waals surface area contributed by atoms with Crippen LogP contribution in [0.3, 0.4) is 0 Å². The predicted molar refractivity (Wildman–Crippen MR) is 68.0 cm³/mol. The third kappa shape index (κ3) is 1.80. The van der Waals surface area contributed by atoms with Crippen molar-refractivity contribution in [3.63, 3.8) is 0 Å². The largest absolute Gasteiger partial charge is 0.496 e. The van der Waals surface area contributed by atoms with E-state index in [-0.39, 0.29) is 5.41 Å². The number of benzene rings is 1. The van der Waals surface area contributed by atoms with E-state index in [1.165, 1.54) is 0 Å². The Bertz CT molecular complexity index is 460. The number of aryl methyl sites for hydroxylation is 1. The topological polar surface area (TPSA) is 33.0 Å². The molecule has 1 aromatic carbocycles. The third-order valence-electron chi connectivity index (χ3n) is 4.17. The van der Waals surface area contributed by atoms with Crippen LogP contribution in [0.2, 0.25) is 0 Å². The van der Waals surface area contributed by atoms with Gasteiger partial charge in [-0.25, -0.2) is 0 Å². The van der Waals surface area contributed by atoms with Crippen molar-refractivity contribution >= 4 is 0 Å². The average molecular weight is 229 g/mol. The van der Waals surface area contributed by atoms with Crippen LogP contribution < -0.4 is 4.74 Å². The Morgan fingerprint density at radius 3 is 2.76 bits per heavy atom. The molecule has 0 aromatic heterocycles. The van der Waals surface area contributed by atoms with E-state index >= 15 is 0 Å². The van der Waals surface area contributed by atoms with Crippen LogP contribution in [0.5, 0.6) is 5.75 Å². The number of hydrogen-bond acceptors (Lipinski definition) is 2. The summed E-state index contributed by atoms with van der Waals surface area (Å²) in [5.74, 6) is 1.32. The summed E-state index contributed by atoms with van der Waals surface area (Å²) in [6, 6.07) is 8.74. The number of nitriles is 1. The van der Waals surface area contributed by atoms with E-state index in [0.717, 1.165) is 36.1 Å². The molecular formula is C15H19NO. The molecule has 1 fully saturated rings. The molecule has 17 heavy (non-hydrogen) atoms. The Kier molecular flexibility index (Phi) is 3.11. The van der Waals surface area contributed by atoms with Gasteiger partial charge in [0.05, 0.1) is 18.6 Å². The fourth-order valence-electron chi connectivity index (χ4n) is 2.94. The minimum absolute atomic E-state index is 0.305. The van der Waals surface area contributed by atoms with Crippen LogP contribution in [0.25, 0.3) is 0 Å². The molecule has 2 unspecified atom stereocenters. The van der Waals surface area contributed by atoms with Gasteiger partial charge in [0.2, 0.25) is 0 Å². The van der Waals surface area contributed by atoms with E-state index in [1.807, 2.05) is 13.0 Å². The van der Waals surface area contributed by atoms with Crippen LogP contribution in [0, 0.1) is 24.2 Å². The molecule has 0 saturated heterocycles. The van der Waals surface area contributed by atoms with Gasteiger partial charge < -0.3 is 4.74 Å². The molecular weight excluding hydrogens is 210 g/mol. The zero-order chi connectivity index (χ0) is 12.5. The smallest absolute Gasteiger partial charge is 0.122 e. The lowest BCUT2D eigenvalue weighted by molar-refractivity contribution is 0.402. The van der Waals surface area contributed by atoms with Gasteiger partial charge in [0.25, 0.3) is 0 Å². The first kappa shape index (κ1) is 12.0. The molecule has 90 valence electrons. The van der Waals surface area contributed by atoms with Crippen LogP contribution in [0.4, 0.5) is 0 Å². The van der Waals surface area contributed by atoms with Gasteiger partial charge >= 0.3 is 0 Å². The third-order valence-corrected chi connectivity index (χ3v) is 4.17. The second-order valence-electron chi connectivity index (χ2n) is 5.06. The van der Waals surface area contributed by atoms with Crippen molar-refractivity contribution in [2.24, 2.45) is 5.92 Å². The zero-order valence-corrected chi connectivity index (χ0v) is 10.8. The maximum absolute atomic E-state index is 9.58. The highest BCUT2D eigenvalue weighted by molar-refractivity contribution is 5.43. The molecule has 1 aromatic rings. The fraction of sp³-hybridized carbons (Fsp3) is 0.533. The van der Waals surface area contributed by atoms with Crippen molar-refractivity contribution < 1.29 is 4.74 Å². The number of rotatable bonds is 2. The Labute approximate surface area is 103 Å². The maximum Gasteiger partial charge on any atom is 0.122 e. The molecule has 0 N–H and O–H groups in total. The Balaban J connectivity index is 2.49. The molecule has 0 radical (unpaired) electrons. The minimum Gasteiger partial charge on any atom is -0.496 e. The molecule has 0 amide bonds. The van der Waals surface area contributed by atoms with E-state index < -0.39 is 0 Å². The summed E-state index contributed by atoms with van der Waals surface area (Å²) < 4.78 is 5.36. The SMILES string of the molecule is COc1cc(C2(C#N)CCCC2C)ccc1C. The highest BCUT2D eigenvalue weighted by Crippen LogP contribution is 2.46. The van der Waals surface area contributed by atoms with Crippen LogP contribution >= 0.6 is 0 Å². The lowest BCUT2D eigenvalue weighted by Crippen LogP contribution is -2.26. The Hall–Kier alpha value is -1.49. The number of nitrogens with zero attached hydrogens (tertiary/aromatic N) is 1. The normalized spacial score (nSPS) is 27.8. The molecule has 1 aliphatic rings. The number of hydrogen-bond donors (Lipinski definition) is 0. The molecule has 1 aliphatic carbocycles. The van der Waals surface area contributed by atoms with E-state index in [0.29, 0.717) is 5.92 Å². The molecule has 0 bridgehead atoms. The van der Waals surface area contributed by atoms with Crippen LogP contribution in [-0.2, 0) is 5.41 Å². The Morgan fingerprint density at radius 2 is 2.24 bits per heavy atom. The van der Waals surface area contributed by atoms with Crippen LogP contribution in [-0.4, -0.2) is 7.11 Å². The van der Waals surface area contributed by atoms with Gasteiger partial charge in [-0.15, -0.1) is 0 Å². The molecule has 2 heteroatoms. The highest BCUT2D eigenvalue weighted by Gasteiger charge is 2.42. The van der Waals surface area contributed by atoms with E-state index in [9.17, 15) is 5.26 Å². The summed E-state index contributed by atoms with van der Waals surface area (Å²) >= 11 is 0. The molecule has 2 rings (SSSR count). The molecule has 2 atom stereocenters. The summed E-state index contributed by atoms with van der Waals surface area (Å²) in [5, 5.41) is 9.58. The van der Waals surface area contributed by atoms with Gasteiger partial charge in [-0.05, 0) is 42.9 Å². The molecule has 0 aliphatic heterocycles. The molecule has 2 nitrogen and oxygen atoms in total. The molecule has 0 heterocycles. The van der Waals surface area contributed by atoms with E-state index in [2.05, 4.69) is 25.1 Å². The minimum atomic E-state index is -0.305. The summed E-state index contributed by atoms with van der Waals surface area (Å²) in [6.07, 6.45) is 3.26. The molecule has 1 saturated carbocycles. The van der Waals surface area contributed by atoms with Crippen LogP contribution in [0.1, 0.15) is 37.3 Å². The number of ether oxygens (including phenoxy) is 1. The summed E-state index contributed by atoms with van der Waals surface area (Å²) in [5.41, 5.74) is 1.93. The van der Waals surface area contributed by atoms with Crippen molar-refractivity contribution in [1.29, 1.82) is 5.26 Å². The summed E-state index contributed by atoms with van der Waals surface area (Å²) in [4.78, 5) is 0. The van der Waals surface area contributed by atoms with Crippen molar-refractivity contribution in [1.82, 2.24) is 0 Å². The van der Waals surface area contributed by atoms with Crippen molar-refractivity contribution in [3.05, 3.63) is 29.3 Å². The summed E-state index contributed by atoms with van der Waals surface area (Å²) in [7, 11) is 1.68. The van der Waals surface area contributed by atoms with Gasteiger partial charge in [-0.2, -0.15) is 5.26 Å². The van der Waals surface area contributed by atoms with E-state index in [4.69, 9.17) is 4.74 Å². The fourth-order valence-corrected chi connectivity index (χ4v) is 2.94. The lowest BCUT2D eigenvalue weighted by Gasteiger charge is -2.27. The Morgan fingerprint density at radius 1 is 1.47 bits per heavy atom. The number of methoxy groups -OCH3 is 1. The van der Waals surface area contributed by atoms with Gasteiger partial charge in [0.15, 0.2) is 0 Å². The monoisotopic (exact) mass is 229 g/mol. The first-order valence-corrected chi connectivity index (χ1v) is 6.20. The van der Waals surface area contributed by atoms with Gasteiger partial charge in [-0.1, -0.05) is 25.5 Å². The van der Waals surface area contributed by atoms with Gasteiger partial charge in [0, 0.05) is 0 Å². The van der Waals surface area contributed by atoms with Gasteiger partial charge in [-0.3, -0.25) is 0 Å². The van der Waals surface area contributed by atoms with Crippen molar-refractivity contribution in [2.45, 2.75) is 38.5 Å². The standard InChI is InChI=1S/C15H19NO/c1-11-6-7-13(9-14(11)17-3)15(10-16)8-4-5-12(15)2/h6-7,9,12H,4-5,8H2,1-3H3. The second kappa shape index (κ2) is 4.41. The van der Waals surface area contributed by atoms with E-state index in [1.54, 1.807) is 7.11 Å². The quantitative estimate of drug-likeness (QED) is 0.776. The first-order valence-electron chi connectivity index (χ1n) is 6.20.